The van der Waals surface area contributed by atoms with E-state index in [0.29, 0.717) is 11.3 Å². The lowest BCUT2D eigenvalue weighted by atomic mass is 10.0. The SMILES string of the molecule is C[C@H]1CC(N[C@@H](CO)c2ccccc2)c2ccsc2S1. The molecule has 0 aliphatic carbocycles. The zero-order chi connectivity index (χ0) is 13.9. The van der Waals surface area contributed by atoms with Crippen LogP contribution in [-0.4, -0.2) is 17.0 Å². The number of aliphatic hydroxyl groups excluding tert-OH is 1. The molecule has 0 spiro atoms. The van der Waals surface area contributed by atoms with Gasteiger partial charge in [-0.1, -0.05) is 37.3 Å². The maximum Gasteiger partial charge on any atom is 0.0649 e. The van der Waals surface area contributed by atoms with Crippen LogP contribution < -0.4 is 5.32 Å². The van der Waals surface area contributed by atoms with E-state index in [9.17, 15) is 5.11 Å². The van der Waals surface area contributed by atoms with Gasteiger partial charge in [-0.15, -0.1) is 23.1 Å². The van der Waals surface area contributed by atoms with Crippen molar-refractivity contribution in [2.75, 3.05) is 6.61 Å². The second-order valence-electron chi connectivity index (χ2n) is 5.19. The molecular weight excluding hydrogens is 286 g/mol. The van der Waals surface area contributed by atoms with E-state index in [1.807, 2.05) is 41.3 Å². The Kier molecular flexibility index (Phi) is 4.46. The molecule has 2 aromatic rings. The molecular formula is C16H19NOS2. The summed E-state index contributed by atoms with van der Waals surface area (Å²) in [6, 6.07) is 12.8. The van der Waals surface area contributed by atoms with Gasteiger partial charge in [-0.25, -0.2) is 0 Å². The lowest BCUT2D eigenvalue weighted by Crippen LogP contribution is -2.32. The molecule has 2 N–H and O–H groups in total. The van der Waals surface area contributed by atoms with Gasteiger partial charge < -0.3 is 10.4 Å². The number of rotatable bonds is 4. The van der Waals surface area contributed by atoms with E-state index in [-0.39, 0.29) is 12.6 Å². The summed E-state index contributed by atoms with van der Waals surface area (Å²) in [5.74, 6) is 0. The number of benzene rings is 1. The van der Waals surface area contributed by atoms with Gasteiger partial charge in [0, 0.05) is 11.3 Å². The number of aliphatic hydroxyl groups is 1. The highest BCUT2D eigenvalue weighted by atomic mass is 32.2. The Morgan fingerprint density at radius 3 is 2.85 bits per heavy atom. The van der Waals surface area contributed by atoms with Crippen molar-refractivity contribution >= 4 is 23.1 Å². The van der Waals surface area contributed by atoms with Crippen LogP contribution in [0, 0.1) is 0 Å². The average Bonchev–Trinajstić information content (AvgIpc) is 2.93. The van der Waals surface area contributed by atoms with E-state index in [0.717, 1.165) is 12.0 Å². The lowest BCUT2D eigenvalue weighted by Gasteiger charge is -2.31. The molecule has 106 valence electrons. The molecule has 3 atom stereocenters. The summed E-state index contributed by atoms with van der Waals surface area (Å²) in [6.07, 6.45) is 1.11. The van der Waals surface area contributed by atoms with Gasteiger partial charge in [-0.05, 0) is 29.0 Å². The molecule has 0 bridgehead atoms. The Labute approximate surface area is 128 Å². The summed E-state index contributed by atoms with van der Waals surface area (Å²) in [7, 11) is 0. The van der Waals surface area contributed by atoms with Crippen LogP contribution in [0.4, 0.5) is 0 Å². The van der Waals surface area contributed by atoms with Crippen LogP contribution in [-0.2, 0) is 0 Å². The van der Waals surface area contributed by atoms with Crippen molar-refractivity contribution in [1.29, 1.82) is 0 Å². The highest BCUT2D eigenvalue weighted by Gasteiger charge is 2.28. The van der Waals surface area contributed by atoms with Gasteiger partial charge in [-0.3, -0.25) is 0 Å². The molecule has 1 aliphatic rings. The summed E-state index contributed by atoms with van der Waals surface area (Å²) >= 11 is 3.79. The van der Waals surface area contributed by atoms with Crippen LogP contribution in [0.25, 0.3) is 0 Å². The number of hydrogen-bond acceptors (Lipinski definition) is 4. The highest BCUT2D eigenvalue weighted by Crippen LogP contribution is 2.44. The van der Waals surface area contributed by atoms with Gasteiger partial charge in [-0.2, -0.15) is 0 Å². The maximum atomic E-state index is 9.71. The van der Waals surface area contributed by atoms with E-state index < -0.39 is 0 Å². The van der Waals surface area contributed by atoms with Crippen LogP contribution in [0.3, 0.4) is 0 Å². The molecule has 1 aromatic heterocycles. The van der Waals surface area contributed by atoms with E-state index in [1.54, 1.807) is 0 Å². The molecule has 2 nitrogen and oxygen atoms in total. The summed E-state index contributed by atoms with van der Waals surface area (Å²) < 4.78 is 1.42. The topological polar surface area (TPSA) is 32.3 Å². The monoisotopic (exact) mass is 305 g/mol. The standard InChI is InChI=1S/C16H19NOS2/c1-11-9-14(13-7-8-19-16(13)20-11)17-15(10-18)12-5-3-2-4-6-12/h2-8,11,14-15,17-18H,9-10H2,1H3/t11-,14?,15-/m0/s1. The fourth-order valence-corrected chi connectivity index (χ4v) is 5.26. The van der Waals surface area contributed by atoms with Crippen molar-refractivity contribution < 1.29 is 5.11 Å². The largest absolute Gasteiger partial charge is 0.394 e. The van der Waals surface area contributed by atoms with Crippen molar-refractivity contribution in [2.45, 2.75) is 34.9 Å². The van der Waals surface area contributed by atoms with Crippen LogP contribution in [0.2, 0.25) is 0 Å². The van der Waals surface area contributed by atoms with Gasteiger partial charge in [0.1, 0.15) is 0 Å². The second kappa shape index (κ2) is 6.31. The zero-order valence-corrected chi connectivity index (χ0v) is 13.1. The molecule has 4 heteroatoms. The molecule has 0 saturated heterocycles. The Morgan fingerprint density at radius 2 is 2.10 bits per heavy atom. The van der Waals surface area contributed by atoms with Crippen molar-refractivity contribution in [3.05, 3.63) is 52.9 Å². The fourth-order valence-electron chi connectivity index (χ4n) is 2.69. The summed E-state index contributed by atoms with van der Waals surface area (Å²) in [4.78, 5) is 0. The summed E-state index contributed by atoms with van der Waals surface area (Å²) in [5.41, 5.74) is 2.55. The Morgan fingerprint density at radius 1 is 1.30 bits per heavy atom. The van der Waals surface area contributed by atoms with Gasteiger partial charge in [0.15, 0.2) is 0 Å². The normalized spacial score (nSPS) is 23.3. The molecule has 0 radical (unpaired) electrons. The van der Waals surface area contributed by atoms with E-state index >= 15 is 0 Å². The summed E-state index contributed by atoms with van der Waals surface area (Å²) in [5, 5.41) is 16.1. The predicted octanol–water partition coefficient (Wildman–Crippen LogP) is 4.00. The predicted molar refractivity (Wildman–Crippen MR) is 86.4 cm³/mol. The molecule has 1 aliphatic heterocycles. The minimum Gasteiger partial charge on any atom is -0.394 e. The number of thiophene rings is 1. The van der Waals surface area contributed by atoms with E-state index in [1.165, 1.54) is 9.77 Å². The third-order valence-electron chi connectivity index (χ3n) is 3.70. The average molecular weight is 305 g/mol. The number of nitrogens with one attached hydrogen (secondary N) is 1. The van der Waals surface area contributed by atoms with Gasteiger partial charge >= 0.3 is 0 Å². The second-order valence-corrected chi connectivity index (χ2v) is 7.82. The molecule has 0 amide bonds. The minimum atomic E-state index is 0.00394. The Hall–Kier alpha value is -0.810. The first-order valence-electron chi connectivity index (χ1n) is 6.94. The van der Waals surface area contributed by atoms with Crippen molar-refractivity contribution in [2.24, 2.45) is 0 Å². The number of fused-ring (bicyclic) bond motifs is 1. The Balaban J connectivity index is 1.80. The minimum absolute atomic E-state index is 0.00394. The van der Waals surface area contributed by atoms with Crippen LogP contribution in [0.1, 0.15) is 36.6 Å². The van der Waals surface area contributed by atoms with Gasteiger partial charge in [0.05, 0.1) is 16.9 Å². The van der Waals surface area contributed by atoms with E-state index in [4.69, 9.17) is 0 Å². The number of thioether (sulfide) groups is 1. The first-order valence-corrected chi connectivity index (χ1v) is 8.69. The van der Waals surface area contributed by atoms with Crippen molar-refractivity contribution in [3.8, 4) is 0 Å². The molecule has 3 rings (SSSR count). The first kappa shape index (κ1) is 14.1. The molecule has 0 fully saturated rings. The Bertz CT molecular complexity index is 555. The van der Waals surface area contributed by atoms with Gasteiger partial charge in [0.25, 0.3) is 0 Å². The summed E-state index contributed by atoms with van der Waals surface area (Å²) in [6.45, 7) is 2.40. The molecule has 2 heterocycles. The van der Waals surface area contributed by atoms with Crippen molar-refractivity contribution in [3.63, 3.8) is 0 Å². The molecule has 1 aromatic carbocycles. The van der Waals surface area contributed by atoms with Crippen LogP contribution >= 0.6 is 23.1 Å². The third-order valence-corrected chi connectivity index (χ3v) is 6.04. The smallest absolute Gasteiger partial charge is 0.0649 e. The highest BCUT2D eigenvalue weighted by molar-refractivity contribution is 8.01. The first-order chi connectivity index (χ1) is 9.78. The van der Waals surface area contributed by atoms with Crippen LogP contribution in [0.5, 0.6) is 0 Å². The maximum absolute atomic E-state index is 9.71. The molecule has 0 saturated carbocycles. The fraction of sp³-hybridized carbons (Fsp3) is 0.375. The quantitative estimate of drug-likeness (QED) is 0.895. The third kappa shape index (κ3) is 2.93. The number of hydrogen-bond donors (Lipinski definition) is 2. The van der Waals surface area contributed by atoms with Crippen molar-refractivity contribution in [1.82, 2.24) is 5.32 Å². The van der Waals surface area contributed by atoms with E-state index in [2.05, 4.69) is 35.8 Å². The molecule has 20 heavy (non-hydrogen) atoms. The zero-order valence-electron chi connectivity index (χ0n) is 11.5. The molecule has 1 unspecified atom stereocenters. The van der Waals surface area contributed by atoms with Crippen LogP contribution in [0.15, 0.2) is 46.0 Å². The lowest BCUT2D eigenvalue weighted by molar-refractivity contribution is 0.230. The van der Waals surface area contributed by atoms with Gasteiger partial charge in [0.2, 0.25) is 0 Å².